The Morgan fingerprint density at radius 3 is 3.00 bits per heavy atom. The van der Waals surface area contributed by atoms with Crippen LogP contribution in [0.25, 0.3) is 0 Å². The molecule has 0 saturated heterocycles. The topological polar surface area (TPSA) is 12.0 Å². The van der Waals surface area contributed by atoms with E-state index in [4.69, 9.17) is 0 Å². The molecule has 0 aromatic heterocycles. The molecule has 0 unspecified atom stereocenters. The maximum absolute atomic E-state index is 3.27. The van der Waals surface area contributed by atoms with Crippen LogP contribution in [0.1, 0.15) is 19.8 Å². The summed E-state index contributed by atoms with van der Waals surface area (Å²) in [5.41, 5.74) is 1.43. The lowest BCUT2D eigenvalue weighted by atomic mass is 10.5. The Morgan fingerprint density at radius 1 is 1.86 bits per heavy atom. The van der Waals surface area contributed by atoms with Crippen LogP contribution in [0.2, 0.25) is 0 Å². The van der Waals surface area contributed by atoms with E-state index in [1.807, 2.05) is 0 Å². The predicted octanol–water partition coefficient (Wildman–Crippen LogP) is 1.27. The van der Waals surface area contributed by atoms with E-state index in [9.17, 15) is 0 Å². The Bertz CT molecular complexity index is 84.2. The molecule has 0 aliphatic heterocycles. The van der Waals surface area contributed by atoms with Gasteiger partial charge >= 0.3 is 0 Å². The fourth-order valence-corrected chi connectivity index (χ4v) is 0.481. The second-order valence-corrected chi connectivity index (χ2v) is 1.86. The Hall–Kier alpha value is -0.460. The molecule has 0 bridgehead atoms. The molecule has 1 aliphatic rings. The first-order valence-electron chi connectivity index (χ1n) is 2.86. The van der Waals surface area contributed by atoms with Crippen LogP contribution in [-0.2, 0) is 0 Å². The molecule has 0 heterocycles. The number of hydrogen-bond donors (Lipinski definition) is 1. The van der Waals surface area contributed by atoms with Gasteiger partial charge in [-0.05, 0) is 6.42 Å². The highest BCUT2D eigenvalue weighted by Gasteiger charge is 2.02. The number of allylic oxidation sites excluding steroid dienone is 2. The lowest BCUT2D eigenvalue weighted by Gasteiger charge is -1.93. The molecule has 0 radical (unpaired) electrons. The quantitative estimate of drug-likeness (QED) is 0.559. The molecule has 0 atom stereocenters. The first kappa shape index (κ1) is 4.69. The number of nitrogens with one attached hydrogen (secondary N) is 1. The normalized spacial score (nSPS) is 15.9. The van der Waals surface area contributed by atoms with Gasteiger partial charge < -0.3 is 5.32 Å². The summed E-state index contributed by atoms with van der Waals surface area (Å²) >= 11 is 0. The van der Waals surface area contributed by atoms with E-state index in [1.165, 1.54) is 18.5 Å². The summed E-state index contributed by atoms with van der Waals surface area (Å²) in [7, 11) is 0. The third-order valence-electron chi connectivity index (χ3n) is 1.01. The summed E-state index contributed by atoms with van der Waals surface area (Å²) in [6.07, 6.45) is 4.65. The van der Waals surface area contributed by atoms with Gasteiger partial charge in [0.05, 0.1) is 0 Å². The summed E-state index contributed by atoms with van der Waals surface area (Å²) in [5, 5.41) is 3.27. The van der Waals surface area contributed by atoms with E-state index in [0.717, 1.165) is 6.54 Å². The van der Waals surface area contributed by atoms with Gasteiger partial charge in [0.15, 0.2) is 0 Å². The molecule has 0 aromatic carbocycles. The predicted molar refractivity (Wildman–Crippen MR) is 31.0 cm³/mol. The minimum Gasteiger partial charge on any atom is -0.388 e. The van der Waals surface area contributed by atoms with Crippen molar-refractivity contribution in [1.29, 1.82) is 0 Å². The van der Waals surface area contributed by atoms with Gasteiger partial charge in [0, 0.05) is 18.7 Å². The molecule has 1 N–H and O–H groups in total. The van der Waals surface area contributed by atoms with Crippen molar-refractivity contribution in [3.8, 4) is 0 Å². The molecule has 0 spiro atoms. The third kappa shape index (κ3) is 1.62. The van der Waals surface area contributed by atoms with E-state index in [-0.39, 0.29) is 0 Å². The molecule has 1 nitrogen and oxygen atoms in total. The number of rotatable bonds is 3. The zero-order chi connectivity index (χ0) is 5.11. The van der Waals surface area contributed by atoms with Gasteiger partial charge in [-0.2, -0.15) is 0 Å². The maximum atomic E-state index is 3.27. The Kier molecular flexibility index (Phi) is 1.35. The van der Waals surface area contributed by atoms with Crippen molar-refractivity contribution >= 4 is 0 Å². The van der Waals surface area contributed by atoms with Crippen LogP contribution in [0.5, 0.6) is 0 Å². The van der Waals surface area contributed by atoms with Crippen LogP contribution in [-0.4, -0.2) is 6.54 Å². The first-order chi connectivity index (χ1) is 3.43. The summed E-state index contributed by atoms with van der Waals surface area (Å²) in [4.78, 5) is 0. The van der Waals surface area contributed by atoms with Crippen molar-refractivity contribution < 1.29 is 0 Å². The molecule has 0 fully saturated rings. The maximum Gasteiger partial charge on any atom is 0.0141 e. The molecule has 1 aliphatic carbocycles. The lowest BCUT2D eigenvalue weighted by molar-refractivity contribution is 0.786. The summed E-state index contributed by atoms with van der Waals surface area (Å²) in [6.45, 7) is 3.32. The van der Waals surface area contributed by atoms with E-state index in [0.29, 0.717) is 0 Å². The third-order valence-corrected chi connectivity index (χ3v) is 1.01. The Labute approximate surface area is 44.4 Å². The van der Waals surface area contributed by atoms with E-state index < -0.39 is 0 Å². The van der Waals surface area contributed by atoms with Gasteiger partial charge in [0.2, 0.25) is 0 Å². The SMILES string of the molecule is CCCNC1=CC1. The van der Waals surface area contributed by atoms with Gasteiger partial charge in [-0.3, -0.25) is 0 Å². The zero-order valence-electron chi connectivity index (χ0n) is 4.70. The molecule has 0 aromatic rings. The van der Waals surface area contributed by atoms with Gasteiger partial charge in [-0.15, -0.1) is 0 Å². The van der Waals surface area contributed by atoms with E-state index in [2.05, 4.69) is 18.3 Å². The summed E-state index contributed by atoms with van der Waals surface area (Å²) < 4.78 is 0. The lowest BCUT2D eigenvalue weighted by Crippen LogP contribution is -2.06. The van der Waals surface area contributed by atoms with E-state index in [1.54, 1.807) is 0 Å². The largest absolute Gasteiger partial charge is 0.388 e. The molecule has 1 rings (SSSR count). The van der Waals surface area contributed by atoms with Crippen LogP contribution in [0.3, 0.4) is 0 Å². The fourth-order valence-electron chi connectivity index (χ4n) is 0.481. The first-order valence-corrected chi connectivity index (χ1v) is 2.86. The van der Waals surface area contributed by atoms with Crippen molar-refractivity contribution in [2.75, 3.05) is 6.54 Å². The highest BCUT2D eigenvalue weighted by atomic mass is 14.9. The molecular weight excluding hydrogens is 86.1 g/mol. The monoisotopic (exact) mass is 97.1 g/mol. The standard InChI is InChI=1S/C6H11N/c1-2-5-7-6-3-4-6/h3,7H,2,4-5H2,1H3. The Morgan fingerprint density at radius 2 is 2.57 bits per heavy atom. The molecule has 40 valence electrons. The van der Waals surface area contributed by atoms with Gasteiger partial charge in [0.1, 0.15) is 0 Å². The minimum absolute atomic E-state index is 1.14. The molecule has 0 amide bonds. The van der Waals surface area contributed by atoms with Gasteiger partial charge in [-0.1, -0.05) is 13.0 Å². The van der Waals surface area contributed by atoms with Gasteiger partial charge in [-0.25, -0.2) is 0 Å². The Balaban J connectivity index is 1.89. The summed E-state index contributed by atoms with van der Waals surface area (Å²) in [5.74, 6) is 0. The van der Waals surface area contributed by atoms with Crippen molar-refractivity contribution in [1.82, 2.24) is 5.32 Å². The fraction of sp³-hybridized carbons (Fsp3) is 0.667. The van der Waals surface area contributed by atoms with Crippen molar-refractivity contribution in [3.05, 3.63) is 11.8 Å². The molecule has 0 saturated carbocycles. The van der Waals surface area contributed by atoms with Crippen LogP contribution in [0.4, 0.5) is 0 Å². The summed E-state index contributed by atoms with van der Waals surface area (Å²) in [6, 6.07) is 0. The van der Waals surface area contributed by atoms with Gasteiger partial charge in [0.25, 0.3) is 0 Å². The van der Waals surface area contributed by atoms with E-state index >= 15 is 0 Å². The smallest absolute Gasteiger partial charge is 0.0141 e. The molecule has 1 heteroatoms. The average molecular weight is 97.2 g/mol. The average Bonchev–Trinajstić information content (AvgIpc) is 2.42. The van der Waals surface area contributed by atoms with Crippen LogP contribution in [0.15, 0.2) is 11.8 Å². The minimum atomic E-state index is 1.14. The van der Waals surface area contributed by atoms with Crippen molar-refractivity contribution in [2.24, 2.45) is 0 Å². The second-order valence-electron chi connectivity index (χ2n) is 1.86. The van der Waals surface area contributed by atoms with Crippen LogP contribution < -0.4 is 5.32 Å². The zero-order valence-corrected chi connectivity index (χ0v) is 4.70. The van der Waals surface area contributed by atoms with Crippen molar-refractivity contribution in [2.45, 2.75) is 19.8 Å². The van der Waals surface area contributed by atoms with Crippen LogP contribution in [0, 0.1) is 0 Å². The van der Waals surface area contributed by atoms with Crippen LogP contribution >= 0.6 is 0 Å². The molecular formula is C6H11N. The highest BCUT2D eigenvalue weighted by molar-refractivity contribution is 5.18. The molecule has 7 heavy (non-hydrogen) atoms. The number of hydrogen-bond acceptors (Lipinski definition) is 1. The highest BCUT2D eigenvalue weighted by Crippen LogP contribution is 2.12. The van der Waals surface area contributed by atoms with Crippen molar-refractivity contribution in [3.63, 3.8) is 0 Å². The second kappa shape index (κ2) is 2.01.